The lowest BCUT2D eigenvalue weighted by molar-refractivity contribution is -0.124. The molecule has 150 valence electrons. The van der Waals surface area contributed by atoms with Crippen LogP contribution in [0.2, 0.25) is 0 Å². The van der Waals surface area contributed by atoms with Crippen molar-refractivity contribution in [2.24, 2.45) is 0 Å². The summed E-state index contributed by atoms with van der Waals surface area (Å²) in [5, 5.41) is 7.46. The van der Waals surface area contributed by atoms with Crippen molar-refractivity contribution in [3.8, 4) is 5.75 Å². The summed E-state index contributed by atoms with van der Waals surface area (Å²) in [6, 6.07) is 17.5. The minimum atomic E-state index is -0.373. The third kappa shape index (κ3) is 6.57. The minimum absolute atomic E-state index is 0.0906. The van der Waals surface area contributed by atoms with Crippen LogP contribution in [0.3, 0.4) is 0 Å². The monoisotopic (exact) mass is 458 g/mol. The van der Waals surface area contributed by atoms with Crippen molar-refractivity contribution in [1.29, 1.82) is 0 Å². The summed E-state index contributed by atoms with van der Waals surface area (Å²) in [5.41, 5.74) is 0.600. The van der Waals surface area contributed by atoms with E-state index in [4.69, 9.17) is 4.74 Å². The number of carbonyl (C=O) groups excluding carboxylic acids is 2. The molecule has 0 spiro atoms. The molecule has 0 radical (unpaired) electrons. The summed E-state index contributed by atoms with van der Waals surface area (Å²) in [6.07, 6.45) is 0.0906. The maximum absolute atomic E-state index is 13.1. The minimum Gasteiger partial charge on any atom is -0.484 e. The molecule has 0 aromatic heterocycles. The smallest absolute Gasteiger partial charge is 0.258 e. The number of carbonyl (C=O) groups is 2. The van der Waals surface area contributed by atoms with Crippen molar-refractivity contribution in [3.05, 3.63) is 76.5 Å². The molecule has 5 nitrogen and oxygen atoms in total. The number of hydrogen-bond donors (Lipinski definition) is 2. The summed E-state index contributed by atoms with van der Waals surface area (Å²) in [6.45, 7) is 0.451. The van der Waals surface area contributed by atoms with E-state index in [1.165, 1.54) is 12.1 Å². The highest BCUT2D eigenvalue weighted by Crippen LogP contribution is 2.24. The Morgan fingerprint density at radius 2 is 1.62 bits per heavy atom. The van der Waals surface area contributed by atoms with E-state index in [9.17, 15) is 14.0 Å². The molecule has 0 saturated carbocycles. The van der Waals surface area contributed by atoms with Gasteiger partial charge in [-0.3, -0.25) is 9.59 Å². The summed E-state index contributed by atoms with van der Waals surface area (Å²) in [5.74, 6) is -0.274. The molecule has 0 fully saturated rings. The lowest BCUT2D eigenvalue weighted by Crippen LogP contribution is -2.37. The summed E-state index contributed by atoms with van der Waals surface area (Å²) in [7, 11) is 0. The van der Waals surface area contributed by atoms with Crippen LogP contribution in [-0.2, 0) is 16.0 Å². The molecular weight excluding hydrogens is 439 g/mol. The van der Waals surface area contributed by atoms with E-state index in [-0.39, 0.29) is 43.7 Å². The van der Waals surface area contributed by atoms with Gasteiger partial charge in [-0.1, -0.05) is 40.2 Å². The van der Waals surface area contributed by atoms with Crippen LogP contribution in [0.5, 0.6) is 5.75 Å². The van der Waals surface area contributed by atoms with Gasteiger partial charge in [-0.15, -0.1) is 0 Å². The highest BCUT2D eigenvalue weighted by atomic mass is 79.9. The van der Waals surface area contributed by atoms with Crippen LogP contribution in [0.15, 0.2) is 65.1 Å². The van der Waals surface area contributed by atoms with Gasteiger partial charge in [0.2, 0.25) is 5.91 Å². The Labute approximate surface area is 176 Å². The Balaban J connectivity index is 1.36. The van der Waals surface area contributed by atoms with E-state index < -0.39 is 0 Å². The van der Waals surface area contributed by atoms with Gasteiger partial charge in [0.05, 0.1) is 6.42 Å². The Morgan fingerprint density at radius 1 is 0.897 bits per heavy atom. The van der Waals surface area contributed by atoms with Gasteiger partial charge in [0.1, 0.15) is 11.6 Å². The van der Waals surface area contributed by atoms with E-state index in [0.29, 0.717) is 11.3 Å². The van der Waals surface area contributed by atoms with Crippen LogP contribution < -0.4 is 15.4 Å². The van der Waals surface area contributed by atoms with E-state index in [0.717, 1.165) is 15.2 Å². The molecule has 0 atom stereocenters. The van der Waals surface area contributed by atoms with Gasteiger partial charge in [-0.2, -0.15) is 0 Å². The second-order valence-electron chi connectivity index (χ2n) is 6.45. The molecule has 0 heterocycles. The average molecular weight is 459 g/mol. The zero-order valence-corrected chi connectivity index (χ0v) is 17.2. The number of halogens is 2. The maximum Gasteiger partial charge on any atom is 0.258 e. The molecule has 0 aliphatic carbocycles. The largest absolute Gasteiger partial charge is 0.484 e. The van der Waals surface area contributed by atoms with E-state index in [2.05, 4.69) is 26.6 Å². The Bertz CT molecular complexity index is 1030. The Morgan fingerprint density at radius 3 is 2.41 bits per heavy atom. The molecule has 2 amide bonds. The Kier molecular flexibility index (Phi) is 7.19. The van der Waals surface area contributed by atoms with Crippen LogP contribution >= 0.6 is 15.9 Å². The second kappa shape index (κ2) is 10.0. The molecule has 29 heavy (non-hydrogen) atoms. The van der Waals surface area contributed by atoms with Crippen LogP contribution in [0, 0.1) is 5.82 Å². The molecule has 0 unspecified atom stereocenters. The molecule has 0 aliphatic heterocycles. The SMILES string of the molecule is O=C(COc1ccc2cc(Br)ccc2c1)NCCNC(=O)Cc1cccc(F)c1. The first-order valence-corrected chi connectivity index (χ1v) is 9.89. The van der Waals surface area contributed by atoms with Gasteiger partial charge in [-0.05, 0) is 52.7 Å². The molecule has 3 aromatic rings. The number of nitrogens with one attached hydrogen (secondary N) is 2. The zero-order chi connectivity index (χ0) is 20.6. The van der Waals surface area contributed by atoms with Crippen molar-refractivity contribution < 1.29 is 18.7 Å². The molecule has 3 aromatic carbocycles. The zero-order valence-electron chi connectivity index (χ0n) is 15.6. The van der Waals surface area contributed by atoms with Crippen molar-refractivity contribution in [2.75, 3.05) is 19.7 Å². The molecule has 2 N–H and O–H groups in total. The van der Waals surface area contributed by atoms with Crippen LogP contribution in [0.1, 0.15) is 5.56 Å². The maximum atomic E-state index is 13.1. The van der Waals surface area contributed by atoms with Crippen molar-refractivity contribution in [1.82, 2.24) is 10.6 Å². The van der Waals surface area contributed by atoms with Crippen molar-refractivity contribution in [3.63, 3.8) is 0 Å². The number of hydrogen-bond acceptors (Lipinski definition) is 3. The topological polar surface area (TPSA) is 67.4 Å². The predicted molar refractivity (Wildman–Crippen MR) is 113 cm³/mol. The average Bonchev–Trinajstić information content (AvgIpc) is 2.69. The molecular formula is C22H20BrFN2O3. The standard InChI is InChI=1S/C22H20BrFN2O3/c23-18-6-4-17-13-20(7-5-16(17)12-18)29-14-22(28)26-9-8-25-21(27)11-15-2-1-3-19(24)10-15/h1-7,10,12-13H,8-9,11,14H2,(H,25,27)(H,26,28). The van der Waals surface area contributed by atoms with E-state index in [1.807, 2.05) is 36.4 Å². The molecule has 0 saturated heterocycles. The summed E-state index contributed by atoms with van der Waals surface area (Å²) >= 11 is 3.43. The number of ether oxygens (including phenoxy) is 1. The second-order valence-corrected chi connectivity index (χ2v) is 7.36. The lowest BCUT2D eigenvalue weighted by Gasteiger charge is -2.09. The first-order valence-electron chi connectivity index (χ1n) is 9.09. The third-order valence-electron chi connectivity index (χ3n) is 4.17. The number of benzene rings is 3. The lowest BCUT2D eigenvalue weighted by atomic mass is 10.1. The predicted octanol–water partition coefficient (Wildman–Crippen LogP) is 3.60. The fraction of sp³-hybridized carbons (Fsp3) is 0.182. The van der Waals surface area contributed by atoms with Gasteiger partial charge in [0.25, 0.3) is 5.91 Å². The van der Waals surface area contributed by atoms with E-state index >= 15 is 0 Å². The van der Waals surface area contributed by atoms with Crippen molar-refractivity contribution >= 4 is 38.5 Å². The fourth-order valence-electron chi connectivity index (χ4n) is 2.78. The van der Waals surface area contributed by atoms with E-state index in [1.54, 1.807) is 12.1 Å². The highest BCUT2D eigenvalue weighted by molar-refractivity contribution is 9.10. The van der Waals surface area contributed by atoms with Crippen molar-refractivity contribution in [2.45, 2.75) is 6.42 Å². The first kappa shape index (κ1) is 20.8. The van der Waals surface area contributed by atoms with Crippen LogP contribution in [0.4, 0.5) is 4.39 Å². The highest BCUT2D eigenvalue weighted by Gasteiger charge is 2.06. The normalized spacial score (nSPS) is 10.6. The number of rotatable bonds is 8. The molecule has 0 bridgehead atoms. The first-order chi connectivity index (χ1) is 14.0. The van der Waals surface area contributed by atoms with Gasteiger partial charge < -0.3 is 15.4 Å². The van der Waals surface area contributed by atoms with Gasteiger partial charge in [0, 0.05) is 17.6 Å². The third-order valence-corrected chi connectivity index (χ3v) is 4.66. The van der Waals surface area contributed by atoms with Crippen LogP contribution in [-0.4, -0.2) is 31.5 Å². The molecule has 7 heteroatoms. The number of amides is 2. The number of fused-ring (bicyclic) bond motifs is 1. The van der Waals surface area contributed by atoms with Gasteiger partial charge >= 0.3 is 0 Å². The quantitative estimate of drug-likeness (QED) is 0.506. The summed E-state index contributed by atoms with van der Waals surface area (Å²) in [4.78, 5) is 23.7. The Hall–Kier alpha value is -2.93. The van der Waals surface area contributed by atoms with Crippen LogP contribution in [0.25, 0.3) is 10.8 Å². The van der Waals surface area contributed by atoms with Gasteiger partial charge in [-0.25, -0.2) is 4.39 Å². The van der Waals surface area contributed by atoms with Gasteiger partial charge in [0.15, 0.2) is 6.61 Å². The molecule has 0 aliphatic rings. The fourth-order valence-corrected chi connectivity index (χ4v) is 3.16. The summed E-state index contributed by atoms with van der Waals surface area (Å²) < 4.78 is 19.6. The molecule has 3 rings (SSSR count).